The van der Waals surface area contributed by atoms with E-state index in [1.807, 2.05) is 0 Å². The van der Waals surface area contributed by atoms with Crippen LogP contribution in [0.3, 0.4) is 0 Å². The number of halogens is 1. The van der Waals surface area contributed by atoms with Crippen molar-refractivity contribution >= 4 is 29.2 Å². The van der Waals surface area contributed by atoms with Gasteiger partial charge >= 0.3 is 5.97 Å². The highest BCUT2D eigenvalue weighted by atomic mass is 35.5. The smallest absolute Gasteiger partial charge is 0.336 e. The van der Waals surface area contributed by atoms with Crippen LogP contribution in [-0.2, 0) is 20.9 Å². The van der Waals surface area contributed by atoms with Gasteiger partial charge in [-0.05, 0) is 24.1 Å². The molecule has 7 nitrogen and oxygen atoms in total. The number of esters is 1. The summed E-state index contributed by atoms with van der Waals surface area (Å²) < 4.78 is 4.97. The third-order valence-corrected chi connectivity index (χ3v) is 5.34. The number of ether oxygens (including phenoxy) is 1. The maximum absolute atomic E-state index is 12.9. The van der Waals surface area contributed by atoms with E-state index in [1.165, 1.54) is 24.1 Å². The molecule has 1 atom stereocenters. The Kier molecular flexibility index (Phi) is 5.98. The number of nitro benzene ring substituents is 1. The molecular weight excluding hydrogens is 396 g/mol. The minimum absolute atomic E-state index is 0.0278. The topological polar surface area (TPSA) is 89.8 Å². The molecule has 0 spiro atoms. The molecule has 2 aromatic rings. The van der Waals surface area contributed by atoms with Crippen molar-refractivity contribution in [2.45, 2.75) is 25.8 Å². The summed E-state index contributed by atoms with van der Waals surface area (Å²) in [6.07, 6.45) is 0.0679. The Labute approximate surface area is 172 Å². The van der Waals surface area contributed by atoms with Gasteiger partial charge < -0.3 is 9.64 Å². The highest BCUT2D eigenvalue weighted by Gasteiger charge is 2.37. The van der Waals surface area contributed by atoms with Gasteiger partial charge in [0, 0.05) is 35.2 Å². The van der Waals surface area contributed by atoms with Crippen molar-refractivity contribution in [3.05, 3.63) is 86.1 Å². The zero-order valence-electron chi connectivity index (χ0n) is 15.9. The fraction of sp³-hybridized carbons (Fsp3) is 0.238. The van der Waals surface area contributed by atoms with Crippen molar-refractivity contribution in [3.63, 3.8) is 0 Å². The molecule has 1 aliphatic heterocycles. The largest absolute Gasteiger partial charge is 0.466 e. The van der Waals surface area contributed by atoms with E-state index in [-0.39, 0.29) is 24.6 Å². The van der Waals surface area contributed by atoms with Crippen molar-refractivity contribution in [1.29, 1.82) is 0 Å². The lowest BCUT2D eigenvalue weighted by atomic mass is 9.83. The number of rotatable bonds is 5. The van der Waals surface area contributed by atoms with Crippen LogP contribution in [0.1, 0.15) is 30.4 Å². The standard InChI is InChI=1S/C21H19ClN2O5/c1-13-20(21(26)29-2)17(16-5-3-4-6-18(16)22)11-19(25)23(13)12-14-7-9-15(10-8-14)24(27)28/h3-10,17H,11-12H2,1-2H3. The maximum atomic E-state index is 12.9. The molecule has 0 fully saturated rings. The number of hydrogen-bond acceptors (Lipinski definition) is 5. The number of nitrogens with zero attached hydrogens (tertiary/aromatic N) is 2. The first-order chi connectivity index (χ1) is 13.8. The number of hydrogen-bond donors (Lipinski definition) is 0. The number of allylic oxidation sites excluding steroid dienone is 1. The average molecular weight is 415 g/mol. The highest BCUT2D eigenvalue weighted by Crippen LogP contribution is 2.40. The summed E-state index contributed by atoms with van der Waals surface area (Å²) in [4.78, 5) is 37.3. The highest BCUT2D eigenvalue weighted by molar-refractivity contribution is 6.31. The predicted octanol–water partition coefficient (Wildman–Crippen LogP) is 4.21. The lowest BCUT2D eigenvalue weighted by Gasteiger charge is -2.34. The molecule has 1 amide bonds. The fourth-order valence-electron chi connectivity index (χ4n) is 3.51. The molecule has 0 saturated heterocycles. The van der Waals surface area contributed by atoms with Gasteiger partial charge in [0.25, 0.3) is 5.69 Å². The minimum atomic E-state index is -0.520. The van der Waals surface area contributed by atoms with Gasteiger partial charge in [-0.25, -0.2) is 4.79 Å². The molecule has 29 heavy (non-hydrogen) atoms. The van der Waals surface area contributed by atoms with E-state index in [9.17, 15) is 19.7 Å². The van der Waals surface area contributed by atoms with Crippen LogP contribution in [0.2, 0.25) is 5.02 Å². The van der Waals surface area contributed by atoms with E-state index in [0.717, 1.165) is 0 Å². The van der Waals surface area contributed by atoms with Gasteiger partial charge in [-0.3, -0.25) is 14.9 Å². The Bertz CT molecular complexity index is 1000. The van der Waals surface area contributed by atoms with Crippen LogP contribution in [0, 0.1) is 10.1 Å². The SMILES string of the molecule is COC(=O)C1=C(C)N(Cc2ccc([N+](=O)[O-])cc2)C(=O)CC1c1ccccc1Cl. The summed E-state index contributed by atoms with van der Waals surface area (Å²) >= 11 is 6.32. The number of benzene rings is 2. The second-order valence-electron chi connectivity index (χ2n) is 6.67. The number of amides is 1. The summed E-state index contributed by atoms with van der Waals surface area (Å²) in [7, 11) is 1.30. The van der Waals surface area contributed by atoms with E-state index in [1.54, 1.807) is 43.3 Å². The zero-order valence-corrected chi connectivity index (χ0v) is 16.7. The van der Waals surface area contributed by atoms with Gasteiger partial charge in [0.1, 0.15) is 0 Å². The van der Waals surface area contributed by atoms with Gasteiger partial charge in [-0.2, -0.15) is 0 Å². The third kappa shape index (κ3) is 4.14. The molecule has 8 heteroatoms. The number of nitro groups is 1. The average Bonchev–Trinajstić information content (AvgIpc) is 2.71. The van der Waals surface area contributed by atoms with Gasteiger partial charge in [-0.1, -0.05) is 41.9 Å². The normalized spacial score (nSPS) is 16.7. The van der Waals surface area contributed by atoms with E-state index < -0.39 is 16.8 Å². The summed E-state index contributed by atoms with van der Waals surface area (Å²) in [5, 5.41) is 11.3. The Morgan fingerprint density at radius 1 is 1.24 bits per heavy atom. The molecule has 0 bridgehead atoms. The first-order valence-corrected chi connectivity index (χ1v) is 9.28. The Morgan fingerprint density at radius 3 is 2.48 bits per heavy atom. The van der Waals surface area contributed by atoms with Crippen molar-refractivity contribution in [1.82, 2.24) is 4.90 Å². The van der Waals surface area contributed by atoms with Crippen molar-refractivity contribution < 1.29 is 19.2 Å². The number of non-ortho nitro benzene ring substituents is 1. The quantitative estimate of drug-likeness (QED) is 0.415. The van der Waals surface area contributed by atoms with Gasteiger partial charge in [0.2, 0.25) is 5.91 Å². The first-order valence-electron chi connectivity index (χ1n) is 8.90. The molecule has 150 valence electrons. The molecule has 3 rings (SSSR count). The summed E-state index contributed by atoms with van der Waals surface area (Å²) in [5.41, 5.74) is 2.24. The second kappa shape index (κ2) is 8.45. The van der Waals surface area contributed by atoms with Crippen LogP contribution in [-0.4, -0.2) is 28.8 Å². The molecular formula is C21H19ClN2O5. The van der Waals surface area contributed by atoms with E-state index in [4.69, 9.17) is 16.3 Å². The maximum Gasteiger partial charge on any atom is 0.336 e. The van der Waals surface area contributed by atoms with Crippen LogP contribution >= 0.6 is 11.6 Å². The van der Waals surface area contributed by atoms with E-state index in [0.29, 0.717) is 27.4 Å². The lowest BCUT2D eigenvalue weighted by molar-refractivity contribution is -0.384. The van der Waals surface area contributed by atoms with Crippen molar-refractivity contribution in [3.8, 4) is 0 Å². The molecule has 0 saturated carbocycles. The molecule has 1 unspecified atom stereocenters. The predicted molar refractivity (Wildman–Crippen MR) is 107 cm³/mol. The summed E-state index contributed by atoms with van der Waals surface area (Å²) in [5.74, 6) is -1.19. The molecule has 0 N–H and O–H groups in total. The Morgan fingerprint density at radius 2 is 1.90 bits per heavy atom. The van der Waals surface area contributed by atoms with Gasteiger partial charge in [0.05, 0.1) is 24.2 Å². The number of methoxy groups -OCH3 is 1. The fourth-order valence-corrected chi connectivity index (χ4v) is 3.77. The van der Waals surface area contributed by atoms with E-state index in [2.05, 4.69) is 0 Å². The van der Waals surface area contributed by atoms with Crippen LogP contribution in [0.15, 0.2) is 59.8 Å². The molecule has 0 aliphatic carbocycles. The Balaban J connectivity index is 2.00. The zero-order chi connectivity index (χ0) is 21.1. The molecule has 0 radical (unpaired) electrons. The third-order valence-electron chi connectivity index (χ3n) is 5.00. The molecule has 0 aromatic heterocycles. The minimum Gasteiger partial charge on any atom is -0.466 e. The van der Waals surface area contributed by atoms with Crippen LogP contribution < -0.4 is 0 Å². The Hall–Kier alpha value is -3.19. The van der Waals surface area contributed by atoms with E-state index >= 15 is 0 Å². The van der Waals surface area contributed by atoms with Gasteiger partial charge in [0.15, 0.2) is 0 Å². The second-order valence-corrected chi connectivity index (χ2v) is 7.08. The molecule has 2 aromatic carbocycles. The number of carbonyl (C=O) groups excluding carboxylic acids is 2. The summed E-state index contributed by atoms with van der Waals surface area (Å²) in [6, 6.07) is 13.1. The van der Waals surface area contributed by atoms with Gasteiger partial charge in [-0.15, -0.1) is 0 Å². The summed E-state index contributed by atoms with van der Waals surface area (Å²) in [6.45, 7) is 1.89. The lowest BCUT2D eigenvalue weighted by Crippen LogP contribution is -2.38. The van der Waals surface area contributed by atoms with Crippen LogP contribution in [0.25, 0.3) is 0 Å². The number of carbonyl (C=O) groups is 2. The van der Waals surface area contributed by atoms with Crippen LogP contribution in [0.4, 0.5) is 5.69 Å². The molecule has 1 heterocycles. The van der Waals surface area contributed by atoms with Crippen molar-refractivity contribution in [2.75, 3.05) is 7.11 Å². The molecule has 1 aliphatic rings. The first kappa shape index (κ1) is 20.5. The van der Waals surface area contributed by atoms with Crippen molar-refractivity contribution in [2.24, 2.45) is 0 Å². The van der Waals surface area contributed by atoms with Crippen LogP contribution in [0.5, 0.6) is 0 Å². The monoisotopic (exact) mass is 414 g/mol.